The Morgan fingerprint density at radius 2 is 1.67 bits per heavy atom. The average molecular weight is 294 g/mol. The zero-order valence-corrected chi connectivity index (χ0v) is 13.4. The van der Waals surface area contributed by atoms with Crippen molar-refractivity contribution < 1.29 is 14.2 Å². The fourth-order valence-electron chi connectivity index (χ4n) is 2.69. The highest BCUT2D eigenvalue weighted by atomic mass is 16.5. The molecular weight excluding hydrogens is 268 g/mol. The molecule has 0 saturated heterocycles. The van der Waals surface area contributed by atoms with Crippen molar-refractivity contribution in [2.24, 2.45) is 11.7 Å². The Kier molecular flexibility index (Phi) is 5.31. The van der Waals surface area contributed by atoms with Crippen molar-refractivity contribution in [2.45, 2.75) is 18.9 Å². The molecular formula is C16H26N2O3. The Balaban J connectivity index is 2.33. The maximum absolute atomic E-state index is 6.02. The van der Waals surface area contributed by atoms with Gasteiger partial charge < -0.3 is 19.9 Å². The van der Waals surface area contributed by atoms with Crippen LogP contribution in [0.4, 0.5) is 0 Å². The molecule has 1 atom stereocenters. The largest absolute Gasteiger partial charge is 0.496 e. The fourth-order valence-corrected chi connectivity index (χ4v) is 2.69. The number of nitrogens with zero attached hydrogens (tertiary/aromatic N) is 1. The second kappa shape index (κ2) is 7.00. The van der Waals surface area contributed by atoms with Crippen molar-refractivity contribution in [2.75, 3.05) is 41.5 Å². The monoisotopic (exact) mass is 294 g/mol. The Morgan fingerprint density at radius 1 is 1.10 bits per heavy atom. The first-order valence-corrected chi connectivity index (χ1v) is 7.34. The summed E-state index contributed by atoms with van der Waals surface area (Å²) in [5.41, 5.74) is 7.06. The number of hydrogen-bond donors (Lipinski definition) is 1. The quantitative estimate of drug-likeness (QED) is 0.795. The summed E-state index contributed by atoms with van der Waals surface area (Å²) in [6, 6.07) is 3.95. The van der Waals surface area contributed by atoms with Crippen molar-refractivity contribution >= 4 is 0 Å². The molecule has 5 nitrogen and oxygen atoms in total. The molecule has 1 aromatic carbocycles. The van der Waals surface area contributed by atoms with Gasteiger partial charge in [0.2, 0.25) is 0 Å². The molecule has 1 fully saturated rings. The summed E-state index contributed by atoms with van der Waals surface area (Å²) in [5, 5.41) is 0. The van der Waals surface area contributed by atoms with Crippen LogP contribution in [0.2, 0.25) is 0 Å². The molecule has 2 rings (SSSR count). The average Bonchev–Trinajstić information content (AvgIpc) is 3.31. The van der Waals surface area contributed by atoms with Crippen molar-refractivity contribution in [1.29, 1.82) is 0 Å². The van der Waals surface area contributed by atoms with E-state index in [-0.39, 0.29) is 6.04 Å². The van der Waals surface area contributed by atoms with E-state index in [1.165, 1.54) is 12.8 Å². The SMILES string of the molecule is COc1cc(OC)c(C(CN)N(C)CC2CC2)cc1OC. The number of benzene rings is 1. The van der Waals surface area contributed by atoms with Crippen LogP contribution in [-0.4, -0.2) is 46.4 Å². The molecule has 0 bridgehead atoms. The van der Waals surface area contributed by atoms with E-state index in [2.05, 4.69) is 11.9 Å². The lowest BCUT2D eigenvalue weighted by atomic mass is 10.0. The third kappa shape index (κ3) is 3.60. The van der Waals surface area contributed by atoms with Crippen LogP contribution in [0, 0.1) is 5.92 Å². The van der Waals surface area contributed by atoms with Crippen molar-refractivity contribution in [1.82, 2.24) is 4.90 Å². The first-order valence-electron chi connectivity index (χ1n) is 7.34. The first-order chi connectivity index (χ1) is 10.1. The van der Waals surface area contributed by atoms with E-state index in [0.29, 0.717) is 18.0 Å². The van der Waals surface area contributed by atoms with Crippen LogP contribution in [0.3, 0.4) is 0 Å². The first kappa shape index (κ1) is 15.9. The summed E-state index contributed by atoms with van der Waals surface area (Å²) >= 11 is 0. The van der Waals surface area contributed by atoms with Crippen molar-refractivity contribution in [3.8, 4) is 17.2 Å². The molecule has 118 valence electrons. The van der Waals surface area contributed by atoms with Crippen molar-refractivity contribution in [3.63, 3.8) is 0 Å². The van der Waals surface area contributed by atoms with Gasteiger partial charge in [-0.2, -0.15) is 0 Å². The molecule has 0 amide bonds. The van der Waals surface area contributed by atoms with Gasteiger partial charge in [0.25, 0.3) is 0 Å². The minimum Gasteiger partial charge on any atom is -0.496 e. The van der Waals surface area contributed by atoms with E-state index in [1.54, 1.807) is 21.3 Å². The maximum atomic E-state index is 6.02. The zero-order valence-electron chi connectivity index (χ0n) is 13.4. The standard InChI is InChI=1S/C16H26N2O3/c1-18(10-11-5-6-11)13(9-17)12-7-15(20-3)16(21-4)8-14(12)19-2/h7-8,11,13H,5-6,9-10,17H2,1-4H3. The molecule has 1 saturated carbocycles. The predicted molar refractivity (Wildman–Crippen MR) is 83.2 cm³/mol. The summed E-state index contributed by atoms with van der Waals surface area (Å²) in [7, 11) is 7.04. The maximum Gasteiger partial charge on any atom is 0.164 e. The molecule has 1 aromatic rings. The molecule has 0 heterocycles. The van der Waals surface area contributed by atoms with Gasteiger partial charge in [-0.3, -0.25) is 4.90 Å². The molecule has 1 aliphatic rings. The number of rotatable bonds is 8. The topological polar surface area (TPSA) is 57.0 Å². The van der Waals surface area contributed by atoms with E-state index in [4.69, 9.17) is 19.9 Å². The number of hydrogen-bond acceptors (Lipinski definition) is 5. The highest BCUT2D eigenvalue weighted by Crippen LogP contribution is 2.39. The van der Waals surface area contributed by atoms with E-state index < -0.39 is 0 Å². The summed E-state index contributed by atoms with van der Waals surface area (Å²) in [5.74, 6) is 2.96. The third-order valence-corrected chi connectivity index (χ3v) is 4.09. The summed E-state index contributed by atoms with van der Waals surface area (Å²) in [4.78, 5) is 2.31. The Bertz CT molecular complexity index is 475. The summed E-state index contributed by atoms with van der Waals surface area (Å²) in [6.07, 6.45) is 2.65. The Hall–Kier alpha value is -1.46. The lowest BCUT2D eigenvalue weighted by Gasteiger charge is -2.29. The predicted octanol–water partition coefficient (Wildman–Crippen LogP) is 2.05. The van der Waals surface area contributed by atoms with Crippen LogP contribution in [-0.2, 0) is 0 Å². The van der Waals surface area contributed by atoms with Crippen molar-refractivity contribution in [3.05, 3.63) is 17.7 Å². The summed E-state index contributed by atoms with van der Waals surface area (Å²) < 4.78 is 16.3. The van der Waals surface area contributed by atoms with Crippen LogP contribution in [0.1, 0.15) is 24.4 Å². The van der Waals surface area contributed by atoms with E-state index in [9.17, 15) is 0 Å². The van der Waals surface area contributed by atoms with Gasteiger partial charge in [0.05, 0.1) is 27.4 Å². The molecule has 5 heteroatoms. The second-order valence-electron chi connectivity index (χ2n) is 5.58. The minimum atomic E-state index is 0.111. The lowest BCUT2D eigenvalue weighted by molar-refractivity contribution is 0.233. The smallest absolute Gasteiger partial charge is 0.164 e. The molecule has 0 aromatic heterocycles. The van der Waals surface area contributed by atoms with E-state index in [0.717, 1.165) is 23.8 Å². The molecule has 1 aliphatic carbocycles. The van der Waals surface area contributed by atoms with E-state index in [1.807, 2.05) is 12.1 Å². The highest BCUT2D eigenvalue weighted by molar-refractivity contribution is 5.52. The number of methoxy groups -OCH3 is 3. The van der Waals surface area contributed by atoms with E-state index >= 15 is 0 Å². The van der Waals surface area contributed by atoms with Gasteiger partial charge in [0, 0.05) is 24.7 Å². The summed E-state index contributed by atoms with van der Waals surface area (Å²) in [6.45, 7) is 1.61. The Morgan fingerprint density at radius 3 is 2.14 bits per heavy atom. The van der Waals surface area contributed by atoms with Gasteiger partial charge in [-0.25, -0.2) is 0 Å². The Labute approximate surface area is 127 Å². The van der Waals surface area contributed by atoms with Gasteiger partial charge in [-0.1, -0.05) is 0 Å². The molecule has 0 radical (unpaired) electrons. The van der Waals surface area contributed by atoms with Crippen LogP contribution in [0.5, 0.6) is 17.2 Å². The number of ether oxygens (including phenoxy) is 3. The van der Waals surface area contributed by atoms with Crippen LogP contribution in [0.15, 0.2) is 12.1 Å². The van der Waals surface area contributed by atoms with Gasteiger partial charge in [-0.15, -0.1) is 0 Å². The van der Waals surface area contributed by atoms with Crippen LogP contribution >= 0.6 is 0 Å². The molecule has 0 aliphatic heterocycles. The minimum absolute atomic E-state index is 0.111. The van der Waals surface area contributed by atoms with Crippen LogP contribution in [0.25, 0.3) is 0 Å². The zero-order chi connectivity index (χ0) is 15.4. The van der Waals surface area contributed by atoms with Gasteiger partial charge in [0.1, 0.15) is 5.75 Å². The molecule has 1 unspecified atom stereocenters. The fraction of sp³-hybridized carbons (Fsp3) is 0.625. The molecule has 21 heavy (non-hydrogen) atoms. The highest BCUT2D eigenvalue weighted by Gasteiger charge is 2.28. The molecule has 0 spiro atoms. The number of nitrogens with two attached hydrogens (primary N) is 1. The normalized spacial score (nSPS) is 15.9. The van der Waals surface area contributed by atoms with Gasteiger partial charge in [-0.05, 0) is 31.9 Å². The molecule has 2 N–H and O–H groups in total. The lowest BCUT2D eigenvalue weighted by Crippen LogP contribution is -2.32. The third-order valence-electron chi connectivity index (χ3n) is 4.09. The van der Waals surface area contributed by atoms with Gasteiger partial charge in [0.15, 0.2) is 11.5 Å². The van der Waals surface area contributed by atoms with Crippen LogP contribution < -0.4 is 19.9 Å². The second-order valence-corrected chi connectivity index (χ2v) is 5.58. The van der Waals surface area contributed by atoms with Gasteiger partial charge >= 0.3 is 0 Å². The number of likely N-dealkylation sites (N-methyl/N-ethyl adjacent to an activating group) is 1.